The van der Waals surface area contributed by atoms with Crippen LogP contribution in [-0.4, -0.2) is 70.6 Å². The Labute approximate surface area is 165 Å². The number of hydrogen-bond acceptors (Lipinski definition) is 3. The van der Waals surface area contributed by atoms with Crippen LogP contribution in [-0.2, 0) is 6.54 Å². The van der Waals surface area contributed by atoms with Crippen molar-refractivity contribution in [3.8, 4) is 0 Å². The first-order chi connectivity index (χ1) is 13.5. The molecule has 2 amide bonds. The third-order valence-electron chi connectivity index (χ3n) is 6.01. The number of imidazole rings is 1. The van der Waals surface area contributed by atoms with E-state index in [1.54, 1.807) is 37.3 Å². The van der Waals surface area contributed by atoms with Gasteiger partial charge >= 0.3 is 6.03 Å². The lowest BCUT2D eigenvalue weighted by molar-refractivity contribution is 0.152. The van der Waals surface area contributed by atoms with Crippen LogP contribution in [0.5, 0.6) is 0 Å². The monoisotopic (exact) mass is 385 g/mol. The number of urea groups is 1. The SMILES string of the molecule is CN(C)C(=O)N1C[C@H]2CN(CCCn3ccnc3)C[C@H]2[C@@H]1c1cccc(F)c1. The molecule has 0 unspecified atom stereocenters. The third-order valence-corrected chi connectivity index (χ3v) is 6.01. The summed E-state index contributed by atoms with van der Waals surface area (Å²) >= 11 is 0. The smallest absolute Gasteiger partial charge is 0.320 e. The van der Waals surface area contributed by atoms with Crippen LogP contribution in [0.15, 0.2) is 43.0 Å². The number of halogens is 1. The largest absolute Gasteiger partial charge is 0.337 e. The zero-order chi connectivity index (χ0) is 19.7. The minimum Gasteiger partial charge on any atom is -0.337 e. The van der Waals surface area contributed by atoms with Crippen LogP contribution in [0.3, 0.4) is 0 Å². The molecule has 0 bridgehead atoms. The summed E-state index contributed by atoms with van der Waals surface area (Å²) in [5, 5.41) is 0. The van der Waals surface area contributed by atoms with Crippen molar-refractivity contribution in [2.45, 2.75) is 19.0 Å². The zero-order valence-electron chi connectivity index (χ0n) is 16.5. The number of carbonyl (C=O) groups is 1. The fourth-order valence-corrected chi connectivity index (χ4v) is 4.79. The Hall–Kier alpha value is -2.41. The molecule has 150 valence electrons. The van der Waals surface area contributed by atoms with Crippen LogP contribution >= 0.6 is 0 Å². The van der Waals surface area contributed by atoms with E-state index in [1.165, 1.54) is 6.07 Å². The molecule has 1 aromatic carbocycles. The molecule has 3 heterocycles. The molecule has 0 spiro atoms. The first-order valence-corrected chi connectivity index (χ1v) is 9.94. The summed E-state index contributed by atoms with van der Waals surface area (Å²) in [5.41, 5.74) is 0.906. The zero-order valence-corrected chi connectivity index (χ0v) is 16.5. The van der Waals surface area contributed by atoms with Crippen LogP contribution in [0.2, 0.25) is 0 Å². The second kappa shape index (κ2) is 7.91. The predicted octanol–water partition coefficient (Wildman–Crippen LogP) is 2.70. The molecule has 2 saturated heterocycles. The van der Waals surface area contributed by atoms with Gasteiger partial charge in [0.2, 0.25) is 0 Å². The topological polar surface area (TPSA) is 44.6 Å². The average molecular weight is 385 g/mol. The van der Waals surface area contributed by atoms with Gasteiger partial charge in [-0.3, -0.25) is 0 Å². The Morgan fingerprint density at radius 1 is 1.25 bits per heavy atom. The Morgan fingerprint density at radius 2 is 2.11 bits per heavy atom. The molecule has 6 nitrogen and oxygen atoms in total. The van der Waals surface area contributed by atoms with Crippen molar-refractivity contribution in [2.24, 2.45) is 11.8 Å². The molecule has 28 heavy (non-hydrogen) atoms. The molecule has 4 rings (SSSR count). The van der Waals surface area contributed by atoms with E-state index in [-0.39, 0.29) is 17.9 Å². The number of aromatic nitrogens is 2. The lowest BCUT2D eigenvalue weighted by Crippen LogP contribution is -2.41. The van der Waals surface area contributed by atoms with E-state index in [2.05, 4.69) is 14.5 Å². The maximum atomic E-state index is 13.9. The van der Waals surface area contributed by atoms with Crippen LogP contribution in [0.25, 0.3) is 0 Å². The fraction of sp³-hybridized carbons (Fsp3) is 0.524. The Kier molecular flexibility index (Phi) is 5.35. The summed E-state index contributed by atoms with van der Waals surface area (Å²) < 4.78 is 16.0. The molecule has 0 aliphatic carbocycles. The maximum absolute atomic E-state index is 13.9. The molecule has 2 fully saturated rings. The van der Waals surface area contributed by atoms with Crippen molar-refractivity contribution in [1.82, 2.24) is 24.3 Å². The molecule has 2 aliphatic heterocycles. The van der Waals surface area contributed by atoms with Crippen molar-refractivity contribution < 1.29 is 9.18 Å². The molecular formula is C21H28FN5O. The van der Waals surface area contributed by atoms with Crippen LogP contribution in [0.4, 0.5) is 9.18 Å². The van der Waals surface area contributed by atoms with Gasteiger partial charge in [0.15, 0.2) is 0 Å². The van der Waals surface area contributed by atoms with E-state index in [9.17, 15) is 9.18 Å². The number of fused-ring (bicyclic) bond motifs is 1. The summed E-state index contributed by atoms with van der Waals surface area (Å²) in [4.78, 5) is 22.9. The summed E-state index contributed by atoms with van der Waals surface area (Å²) in [6, 6.07) is 6.70. The number of rotatable bonds is 5. The number of likely N-dealkylation sites (tertiary alicyclic amines) is 2. The van der Waals surface area contributed by atoms with Crippen LogP contribution < -0.4 is 0 Å². The van der Waals surface area contributed by atoms with Crippen LogP contribution in [0, 0.1) is 17.7 Å². The number of aryl methyl sites for hydroxylation is 1. The van der Waals surface area contributed by atoms with E-state index in [1.807, 2.05) is 23.5 Å². The minimum atomic E-state index is -0.242. The van der Waals surface area contributed by atoms with E-state index in [0.717, 1.165) is 44.7 Å². The van der Waals surface area contributed by atoms with Gasteiger partial charge < -0.3 is 19.3 Å². The van der Waals surface area contributed by atoms with Crippen molar-refractivity contribution in [1.29, 1.82) is 0 Å². The Morgan fingerprint density at radius 3 is 2.82 bits per heavy atom. The number of hydrogen-bond donors (Lipinski definition) is 0. The number of benzene rings is 1. The van der Waals surface area contributed by atoms with Gasteiger partial charge in [-0.1, -0.05) is 12.1 Å². The second-order valence-corrected chi connectivity index (χ2v) is 8.17. The standard InChI is InChI=1S/C21H28FN5O/c1-24(2)21(28)27-13-17-12-26(9-4-8-25-10-7-23-15-25)14-19(17)20(27)16-5-3-6-18(22)11-16/h3,5-7,10-11,15,17,19-20H,4,8-9,12-14H2,1-2H3/t17-,19-,20+/m1/s1. The Balaban J connectivity index is 1.46. The molecule has 2 aromatic rings. The molecule has 2 aliphatic rings. The van der Waals surface area contributed by atoms with Gasteiger partial charge in [0.1, 0.15) is 5.82 Å². The van der Waals surface area contributed by atoms with Crippen molar-refractivity contribution >= 4 is 6.03 Å². The Bertz CT molecular complexity index is 809. The minimum absolute atomic E-state index is 0.00955. The predicted molar refractivity (Wildman–Crippen MR) is 105 cm³/mol. The van der Waals surface area contributed by atoms with Gasteiger partial charge in [-0.25, -0.2) is 14.2 Å². The molecule has 0 saturated carbocycles. The third kappa shape index (κ3) is 3.76. The van der Waals surface area contributed by atoms with Gasteiger partial charge in [0, 0.05) is 58.6 Å². The number of nitrogens with zero attached hydrogens (tertiary/aromatic N) is 5. The summed E-state index contributed by atoms with van der Waals surface area (Å²) in [6.07, 6.45) is 6.72. The van der Waals surface area contributed by atoms with Gasteiger partial charge in [0.05, 0.1) is 12.4 Å². The van der Waals surface area contributed by atoms with Crippen molar-refractivity contribution in [2.75, 3.05) is 40.3 Å². The second-order valence-electron chi connectivity index (χ2n) is 8.17. The molecule has 1 aromatic heterocycles. The van der Waals surface area contributed by atoms with Gasteiger partial charge in [-0.05, 0) is 36.6 Å². The molecule has 7 heteroatoms. The average Bonchev–Trinajstić information content (AvgIpc) is 3.37. The number of amides is 2. The summed E-state index contributed by atoms with van der Waals surface area (Å²) in [6.45, 7) is 4.68. The van der Waals surface area contributed by atoms with E-state index >= 15 is 0 Å². The van der Waals surface area contributed by atoms with Gasteiger partial charge in [0.25, 0.3) is 0 Å². The first-order valence-electron chi connectivity index (χ1n) is 9.94. The lowest BCUT2D eigenvalue weighted by Gasteiger charge is -2.32. The molecule has 3 atom stereocenters. The van der Waals surface area contributed by atoms with Gasteiger partial charge in [-0.15, -0.1) is 0 Å². The van der Waals surface area contributed by atoms with Gasteiger partial charge in [-0.2, -0.15) is 0 Å². The molecular weight excluding hydrogens is 357 g/mol. The highest BCUT2D eigenvalue weighted by Crippen LogP contribution is 2.45. The lowest BCUT2D eigenvalue weighted by atomic mass is 9.89. The fourth-order valence-electron chi connectivity index (χ4n) is 4.79. The van der Waals surface area contributed by atoms with Crippen LogP contribution in [0.1, 0.15) is 18.0 Å². The molecule has 0 N–H and O–H groups in total. The highest BCUT2D eigenvalue weighted by molar-refractivity contribution is 5.75. The first kappa shape index (κ1) is 18.9. The van der Waals surface area contributed by atoms with E-state index in [4.69, 9.17) is 0 Å². The van der Waals surface area contributed by atoms with Crippen molar-refractivity contribution in [3.05, 3.63) is 54.4 Å². The van der Waals surface area contributed by atoms with E-state index < -0.39 is 0 Å². The maximum Gasteiger partial charge on any atom is 0.320 e. The summed E-state index contributed by atoms with van der Waals surface area (Å²) in [7, 11) is 3.56. The summed E-state index contributed by atoms with van der Waals surface area (Å²) in [5.74, 6) is 0.540. The number of carbonyl (C=O) groups excluding carboxylic acids is 1. The molecule has 0 radical (unpaired) electrons. The normalized spacial score (nSPS) is 24.5. The van der Waals surface area contributed by atoms with Crippen molar-refractivity contribution in [3.63, 3.8) is 0 Å². The quantitative estimate of drug-likeness (QED) is 0.795. The van der Waals surface area contributed by atoms with E-state index in [0.29, 0.717) is 11.8 Å². The highest BCUT2D eigenvalue weighted by atomic mass is 19.1. The highest BCUT2D eigenvalue weighted by Gasteiger charge is 2.49.